The highest BCUT2D eigenvalue weighted by atomic mass is 79.9. The van der Waals surface area contributed by atoms with E-state index >= 15 is 0 Å². The molecule has 0 atom stereocenters. The molecule has 0 bridgehead atoms. The standard InChI is InChI=1S/C8H7BrN4/c1-13-4-6(9)8(12-13)7-2-3-10-5-11-7/h2-5H,1H3. The molecule has 0 fully saturated rings. The highest BCUT2D eigenvalue weighted by Gasteiger charge is 2.07. The summed E-state index contributed by atoms with van der Waals surface area (Å²) in [5.74, 6) is 0. The molecule has 4 nitrogen and oxygen atoms in total. The van der Waals surface area contributed by atoms with Crippen LogP contribution in [0.3, 0.4) is 0 Å². The molecule has 0 aliphatic rings. The van der Waals surface area contributed by atoms with E-state index in [0.717, 1.165) is 15.9 Å². The molecule has 0 aromatic carbocycles. The van der Waals surface area contributed by atoms with Crippen molar-refractivity contribution in [1.29, 1.82) is 0 Å². The molecule has 5 heteroatoms. The van der Waals surface area contributed by atoms with Crippen molar-refractivity contribution in [3.05, 3.63) is 29.3 Å². The zero-order valence-corrected chi connectivity index (χ0v) is 8.56. The number of hydrogen-bond donors (Lipinski definition) is 0. The van der Waals surface area contributed by atoms with Gasteiger partial charge in [0.15, 0.2) is 0 Å². The van der Waals surface area contributed by atoms with E-state index in [1.165, 1.54) is 6.33 Å². The third-order valence-electron chi connectivity index (χ3n) is 1.61. The number of aromatic nitrogens is 4. The lowest BCUT2D eigenvalue weighted by Gasteiger charge is -1.93. The Hall–Kier alpha value is -1.23. The molecule has 0 saturated heterocycles. The van der Waals surface area contributed by atoms with Gasteiger partial charge in [0.2, 0.25) is 0 Å². The summed E-state index contributed by atoms with van der Waals surface area (Å²) >= 11 is 3.41. The van der Waals surface area contributed by atoms with Crippen molar-refractivity contribution in [2.75, 3.05) is 0 Å². The van der Waals surface area contributed by atoms with Crippen LogP contribution in [0.1, 0.15) is 0 Å². The smallest absolute Gasteiger partial charge is 0.125 e. The number of aryl methyl sites for hydroxylation is 1. The van der Waals surface area contributed by atoms with Gasteiger partial charge in [-0.3, -0.25) is 4.68 Å². The Morgan fingerprint density at radius 1 is 1.46 bits per heavy atom. The summed E-state index contributed by atoms with van der Waals surface area (Å²) in [6.45, 7) is 0. The fraction of sp³-hybridized carbons (Fsp3) is 0.125. The van der Waals surface area contributed by atoms with Crippen LogP contribution < -0.4 is 0 Å². The van der Waals surface area contributed by atoms with E-state index in [4.69, 9.17) is 0 Å². The Morgan fingerprint density at radius 2 is 2.31 bits per heavy atom. The fourth-order valence-corrected chi connectivity index (χ4v) is 1.64. The molecule has 66 valence electrons. The van der Waals surface area contributed by atoms with E-state index in [0.29, 0.717) is 0 Å². The van der Waals surface area contributed by atoms with E-state index < -0.39 is 0 Å². The second kappa shape index (κ2) is 3.26. The Bertz CT molecular complexity index is 409. The number of hydrogen-bond acceptors (Lipinski definition) is 3. The van der Waals surface area contributed by atoms with Gasteiger partial charge in [0.05, 0.1) is 10.2 Å². The molecule has 0 aliphatic heterocycles. The molecule has 0 spiro atoms. The van der Waals surface area contributed by atoms with Crippen molar-refractivity contribution in [3.8, 4) is 11.4 Å². The third-order valence-corrected chi connectivity index (χ3v) is 2.19. The first-order chi connectivity index (χ1) is 6.27. The summed E-state index contributed by atoms with van der Waals surface area (Å²) in [6.07, 6.45) is 5.09. The van der Waals surface area contributed by atoms with Gasteiger partial charge in [-0.15, -0.1) is 0 Å². The minimum atomic E-state index is 0.822. The van der Waals surface area contributed by atoms with Crippen LogP contribution >= 0.6 is 15.9 Å². The van der Waals surface area contributed by atoms with Gasteiger partial charge in [0.1, 0.15) is 12.0 Å². The van der Waals surface area contributed by atoms with Crippen LogP contribution in [0, 0.1) is 0 Å². The van der Waals surface area contributed by atoms with Crippen LogP contribution in [0.4, 0.5) is 0 Å². The summed E-state index contributed by atoms with van der Waals surface area (Å²) in [7, 11) is 1.87. The Kier molecular flexibility index (Phi) is 2.10. The number of nitrogens with zero attached hydrogens (tertiary/aromatic N) is 4. The second-order valence-corrected chi connectivity index (χ2v) is 3.45. The predicted molar refractivity (Wildman–Crippen MR) is 51.9 cm³/mol. The summed E-state index contributed by atoms with van der Waals surface area (Å²) in [4.78, 5) is 7.95. The number of rotatable bonds is 1. The topological polar surface area (TPSA) is 43.6 Å². The summed E-state index contributed by atoms with van der Waals surface area (Å²) in [5.41, 5.74) is 1.66. The van der Waals surface area contributed by atoms with Crippen molar-refractivity contribution >= 4 is 15.9 Å². The van der Waals surface area contributed by atoms with Gasteiger partial charge in [0, 0.05) is 19.4 Å². The van der Waals surface area contributed by atoms with Gasteiger partial charge < -0.3 is 0 Å². The first kappa shape index (κ1) is 8.37. The Morgan fingerprint density at radius 3 is 2.85 bits per heavy atom. The maximum atomic E-state index is 4.26. The lowest BCUT2D eigenvalue weighted by atomic mass is 10.3. The molecular weight excluding hydrogens is 232 g/mol. The summed E-state index contributed by atoms with van der Waals surface area (Å²) in [6, 6.07) is 1.83. The molecule has 2 aromatic rings. The molecule has 0 N–H and O–H groups in total. The zero-order valence-electron chi connectivity index (χ0n) is 6.98. The van der Waals surface area contributed by atoms with E-state index in [1.54, 1.807) is 10.9 Å². The SMILES string of the molecule is Cn1cc(Br)c(-c2ccncn2)n1. The maximum Gasteiger partial charge on any atom is 0.125 e. The Balaban J connectivity index is 2.53. The van der Waals surface area contributed by atoms with Crippen molar-refractivity contribution < 1.29 is 0 Å². The van der Waals surface area contributed by atoms with Gasteiger partial charge in [0.25, 0.3) is 0 Å². The minimum absolute atomic E-state index is 0.822. The van der Waals surface area contributed by atoms with E-state index in [1.807, 2.05) is 19.3 Å². The van der Waals surface area contributed by atoms with Gasteiger partial charge in [-0.2, -0.15) is 5.10 Å². The van der Waals surface area contributed by atoms with Crippen LogP contribution in [-0.4, -0.2) is 19.7 Å². The third kappa shape index (κ3) is 1.60. The second-order valence-electron chi connectivity index (χ2n) is 2.59. The molecule has 0 saturated carbocycles. The minimum Gasteiger partial charge on any atom is -0.274 e. The molecule has 2 rings (SSSR count). The van der Waals surface area contributed by atoms with Gasteiger partial charge in [-0.05, 0) is 22.0 Å². The lowest BCUT2D eigenvalue weighted by Crippen LogP contribution is -1.89. The predicted octanol–water partition coefficient (Wildman–Crippen LogP) is 1.64. The molecule has 2 aromatic heterocycles. The van der Waals surface area contributed by atoms with Crippen LogP contribution in [0.2, 0.25) is 0 Å². The monoisotopic (exact) mass is 238 g/mol. The van der Waals surface area contributed by atoms with Gasteiger partial charge in [-0.1, -0.05) is 0 Å². The van der Waals surface area contributed by atoms with E-state index in [2.05, 4.69) is 31.0 Å². The van der Waals surface area contributed by atoms with Crippen molar-refractivity contribution in [3.63, 3.8) is 0 Å². The normalized spacial score (nSPS) is 10.3. The lowest BCUT2D eigenvalue weighted by molar-refractivity contribution is 0.769. The van der Waals surface area contributed by atoms with Crippen molar-refractivity contribution in [2.24, 2.45) is 7.05 Å². The highest BCUT2D eigenvalue weighted by molar-refractivity contribution is 9.10. The van der Waals surface area contributed by atoms with Crippen LogP contribution in [-0.2, 0) is 7.05 Å². The first-order valence-electron chi connectivity index (χ1n) is 3.73. The molecule has 0 amide bonds. The number of halogens is 1. The molecular formula is C8H7BrN4. The maximum absolute atomic E-state index is 4.26. The molecule has 2 heterocycles. The quantitative estimate of drug-likeness (QED) is 0.759. The first-order valence-corrected chi connectivity index (χ1v) is 4.52. The van der Waals surface area contributed by atoms with E-state index in [9.17, 15) is 0 Å². The van der Waals surface area contributed by atoms with Gasteiger partial charge in [-0.25, -0.2) is 9.97 Å². The molecule has 0 unspecified atom stereocenters. The fourth-order valence-electron chi connectivity index (χ4n) is 1.06. The highest BCUT2D eigenvalue weighted by Crippen LogP contribution is 2.23. The van der Waals surface area contributed by atoms with Crippen molar-refractivity contribution in [1.82, 2.24) is 19.7 Å². The average Bonchev–Trinajstić information content (AvgIpc) is 2.47. The van der Waals surface area contributed by atoms with Gasteiger partial charge >= 0.3 is 0 Å². The van der Waals surface area contributed by atoms with Crippen LogP contribution in [0.5, 0.6) is 0 Å². The largest absolute Gasteiger partial charge is 0.274 e. The molecule has 0 aliphatic carbocycles. The average molecular weight is 239 g/mol. The Labute approximate surface area is 83.8 Å². The molecule has 13 heavy (non-hydrogen) atoms. The van der Waals surface area contributed by atoms with Crippen LogP contribution in [0.25, 0.3) is 11.4 Å². The summed E-state index contributed by atoms with van der Waals surface area (Å²) in [5, 5.41) is 4.26. The zero-order chi connectivity index (χ0) is 9.26. The summed E-state index contributed by atoms with van der Waals surface area (Å²) < 4.78 is 2.68. The van der Waals surface area contributed by atoms with E-state index in [-0.39, 0.29) is 0 Å². The molecule has 0 radical (unpaired) electrons. The van der Waals surface area contributed by atoms with Crippen molar-refractivity contribution in [2.45, 2.75) is 0 Å². The van der Waals surface area contributed by atoms with Crippen LogP contribution in [0.15, 0.2) is 29.3 Å².